The van der Waals surface area contributed by atoms with E-state index in [0.717, 1.165) is 26.9 Å². The number of carbonyl (C=O) groups is 1. The molecule has 0 bridgehead atoms. The SMILES string of the molecule is C=CC(=O)N1C[C@H](C)N(c2nc(=O)n3c4c(c(-c5ccc(F)cc5)c(Cl)cc24)SC[C@@H]3CN2CCN(CC(F)F)CC2)C[C@H]1C.S. The van der Waals surface area contributed by atoms with E-state index < -0.39 is 6.43 Å². The number of halogens is 4. The number of aromatic nitrogens is 2. The third-order valence-corrected chi connectivity index (χ3v) is 10.6. The van der Waals surface area contributed by atoms with Gasteiger partial charge in [0.15, 0.2) is 0 Å². The minimum Gasteiger partial charge on any atom is -0.349 e. The second kappa shape index (κ2) is 14.2. The molecule has 14 heteroatoms. The summed E-state index contributed by atoms with van der Waals surface area (Å²) in [5.41, 5.74) is 1.84. The fourth-order valence-electron chi connectivity index (χ4n) is 6.79. The first-order valence-electron chi connectivity index (χ1n) is 15.2. The van der Waals surface area contributed by atoms with Crippen molar-refractivity contribution in [3.63, 3.8) is 0 Å². The van der Waals surface area contributed by atoms with E-state index in [4.69, 9.17) is 11.6 Å². The quantitative estimate of drug-likeness (QED) is 0.319. The summed E-state index contributed by atoms with van der Waals surface area (Å²) in [4.78, 5) is 39.9. The van der Waals surface area contributed by atoms with Crippen molar-refractivity contribution in [1.82, 2.24) is 24.3 Å². The van der Waals surface area contributed by atoms with Crippen molar-refractivity contribution < 1.29 is 18.0 Å². The number of thioether (sulfide) groups is 1. The Balaban J connectivity index is 0.00000417. The first kappa shape index (κ1) is 34.6. The predicted octanol–water partition coefficient (Wildman–Crippen LogP) is 5.11. The highest BCUT2D eigenvalue weighted by Gasteiger charge is 2.36. The van der Waals surface area contributed by atoms with Gasteiger partial charge in [-0.3, -0.25) is 19.2 Å². The third kappa shape index (κ3) is 6.66. The van der Waals surface area contributed by atoms with Crippen LogP contribution in [0.4, 0.5) is 19.0 Å². The average molecular weight is 695 g/mol. The molecule has 3 aliphatic rings. The lowest BCUT2D eigenvalue weighted by Crippen LogP contribution is -2.58. The summed E-state index contributed by atoms with van der Waals surface area (Å²) in [5, 5.41) is 1.21. The molecular formula is C32H38ClF3N6O2S2. The molecule has 46 heavy (non-hydrogen) atoms. The lowest BCUT2D eigenvalue weighted by Gasteiger charge is -2.45. The maximum Gasteiger partial charge on any atom is 0.350 e. The highest BCUT2D eigenvalue weighted by molar-refractivity contribution is 7.99. The Morgan fingerprint density at radius 1 is 1.11 bits per heavy atom. The van der Waals surface area contributed by atoms with E-state index >= 15 is 0 Å². The van der Waals surface area contributed by atoms with Gasteiger partial charge < -0.3 is 9.80 Å². The number of benzene rings is 2. The van der Waals surface area contributed by atoms with E-state index in [-0.39, 0.29) is 55.6 Å². The molecule has 0 spiro atoms. The van der Waals surface area contributed by atoms with Crippen LogP contribution in [0.25, 0.3) is 22.0 Å². The van der Waals surface area contributed by atoms with Crippen LogP contribution in [0.15, 0.2) is 52.7 Å². The van der Waals surface area contributed by atoms with Crippen LogP contribution >= 0.6 is 36.9 Å². The zero-order chi connectivity index (χ0) is 32.0. The molecule has 2 fully saturated rings. The molecule has 3 atom stereocenters. The van der Waals surface area contributed by atoms with Crippen molar-refractivity contribution in [3.05, 3.63) is 64.3 Å². The number of carbonyl (C=O) groups excluding carboxylic acids is 1. The minimum absolute atomic E-state index is 0. The number of nitrogens with zero attached hydrogens (tertiary/aromatic N) is 6. The van der Waals surface area contributed by atoms with Crippen molar-refractivity contribution in [2.75, 3.05) is 63.0 Å². The Morgan fingerprint density at radius 2 is 1.78 bits per heavy atom. The predicted molar refractivity (Wildman–Crippen MR) is 184 cm³/mol. The lowest BCUT2D eigenvalue weighted by molar-refractivity contribution is -0.128. The third-order valence-electron chi connectivity index (χ3n) is 9.06. The summed E-state index contributed by atoms with van der Waals surface area (Å²) in [5.74, 6) is 0.614. The number of hydrogen-bond donors (Lipinski definition) is 0. The Bertz CT molecular complexity index is 1670. The van der Waals surface area contributed by atoms with Gasteiger partial charge in [0.2, 0.25) is 5.91 Å². The molecule has 3 aromatic rings. The maximum atomic E-state index is 14.1. The largest absolute Gasteiger partial charge is 0.350 e. The Labute approximate surface area is 282 Å². The van der Waals surface area contributed by atoms with E-state index in [9.17, 15) is 22.8 Å². The monoisotopic (exact) mass is 694 g/mol. The summed E-state index contributed by atoms with van der Waals surface area (Å²) < 4.78 is 41.5. The fraction of sp³-hybridized carbons (Fsp3) is 0.469. The van der Waals surface area contributed by atoms with Crippen LogP contribution < -0.4 is 10.6 Å². The first-order chi connectivity index (χ1) is 21.5. The smallest absolute Gasteiger partial charge is 0.349 e. The van der Waals surface area contributed by atoms with Crippen LogP contribution in [-0.2, 0) is 4.79 Å². The van der Waals surface area contributed by atoms with E-state index in [1.165, 1.54) is 18.2 Å². The highest BCUT2D eigenvalue weighted by Crippen LogP contribution is 2.48. The number of piperazine rings is 2. The van der Waals surface area contributed by atoms with Gasteiger partial charge in [-0.15, -0.1) is 11.8 Å². The van der Waals surface area contributed by atoms with Gasteiger partial charge in [-0.25, -0.2) is 18.0 Å². The molecule has 2 aromatic carbocycles. The first-order valence-corrected chi connectivity index (χ1v) is 16.5. The van der Waals surface area contributed by atoms with E-state index in [0.29, 0.717) is 62.4 Å². The van der Waals surface area contributed by atoms with Crippen LogP contribution in [0.1, 0.15) is 19.9 Å². The number of rotatable bonds is 7. The molecule has 0 unspecified atom stereocenters. The second-order valence-electron chi connectivity index (χ2n) is 12.1. The van der Waals surface area contributed by atoms with Crippen molar-refractivity contribution in [1.29, 1.82) is 0 Å². The molecule has 6 rings (SSSR count). The van der Waals surface area contributed by atoms with Gasteiger partial charge in [-0.2, -0.15) is 18.5 Å². The zero-order valence-electron chi connectivity index (χ0n) is 25.8. The molecule has 0 radical (unpaired) electrons. The number of amides is 1. The van der Waals surface area contributed by atoms with E-state index in [2.05, 4.69) is 21.4 Å². The summed E-state index contributed by atoms with van der Waals surface area (Å²) in [6, 6.07) is 7.53. The van der Waals surface area contributed by atoms with Crippen molar-refractivity contribution in [2.45, 2.75) is 43.3 Å². The zero-order valence-corrected chi connectivity index (χ0v) is 28.3. The number of anilines is 1. The van der Waals surface area contributed by atoms with Crippen LogP contribution in [0.2, 0.25) is 5.02 Å². The number of hydrogen-bond acceptors (Lipinski definition) is 7. The Kier molecular flexibility index (Phi) is 10.7. The molecule has 4 heterocycles. The Hall–Kier alpha value is -2.71. The molecule has 0 aliphatic carbocycles. The Morgan fingerprint density at radius 3 is 2.43 bits per heavy atom. The highest BCUT2D eigenvalue weighted by atomic mass is 35.5. The van der Waals surface area contributed by atoms with Gasteiger partial charge >= 0.3 is 5.69 Å². The van der Waals surface area contributed by atoms with Gasteiger partial charge in [0.1, 0.15) is 11.6 Å². The average Bonchev–Trinajstić information content (AvgIpc) is 3.01. The van der Waals surface area contributed by atoms with Gasteiger partial charge in [0.05, 0.1) is 23.1 Å². The van der Waals surface area contributed by atoms with Crippen LogP contribution in [0.5, 0.6) is 0 Å². The summed E-state index contributed by atoms with van der Waals surface area (Å²) >= 11 is 8.62. The molecule has 0 N–H and O–H groups in total. The van der Waals surface area contributed by atoms with Gasteiger partial charge in [-0.05, 0) is 43.7 Å². The van der Waals surface area contributed by atoms with Crippen LogP contribution in [-0.4, -0.2) is 107 Å². The van der Waals surface area contributed by atoms with Gasteiger partial charge in [-0.1, -0.05) is 30.3 Å². The fourth-order valence-corrected chi connectivity index (χ4v) is 8.49. The summed E-state index contributed by atoms with van der Waals surface area (Å²) in [6.45, 7) is 11.2. The van der Waals surface area contributed by atoms with E-state index in [1.807, 2.05) is 19.9 Å². The van der Waals surface area contributed by atoms with Gasteiger partial charge in [0.25, 0.3) is 6.43 Å². The molecular weight excluding hydrogens is 657 g/mol. The minimum atomic E-state index is -2.36. The molecule has 1 amide bonds. The van der Waals surface area contributed by atoms with Crippen molar-refractivity contribution in [2.24, 2.45) is 0 Å². The van der Waals surface area contributed by atoms with Crippen LogP contribution in [0.3, 0.4) is 0 Å². The summed E-state index contributed by atoms with van der Waals surface area (Å²) in [7, 11) is 0. The molecule has 1 aromatic heterocycles. The lowest BCUT2D eigenvalue weighted by atomic mass is 10.0. The molecule has 8 nitrogen and oxygen atoms in total. The van der Waals surface area contributed by atoms with Crippen molar-refractivity contribution in [3.8, 4) is 11.1 Å². The summed E-state index contributed by atoms with van der Waals surface area (Å²) in [6.07, 6.45) is -1.05. The molecule has 2 saturated heterocycles. The standard InChI is InChI=1S/C32H36ClF3N6O2S.H2S/c1-4-27(43)40-14-20(3)41(15-19(40)2)31-24-13-25(33)28(21-5-7-22(34)8-6-21)30-29(24)42(32(44)37-31)23(18-45-30)16-38-9-11-39(12-10-38)17-26(35)36;/h4-8,13,19-20,23,26H,1,9-12,14-18H2,2-3H3;1H2/t19-,20+,23+;/m1./s1. The number of alkyl halides is 2. The normalized spacial score (nSPS) is 22.3. The van der Waals surface area contributed by atoms with Crippen LogP contribution in [0, 0.1) is 5.82 Å². The van der Waals surface area contributed by atoms with Crippen molar-refractivity contribution >= 4 is 59.5 Å². The van der Waals surface area contributed by atoms with E-state index in [1.54, 1.807) is 38.3 Å². The maximum absolute atomic E-state index is 14.1. The van der Waals surface area contributed by atoms with Gasteiger partial charge in [0, 0.05) is 79.5 Å². The molecule has 3 aliphatic heterocycles. The topological polar surface area (TPSA) is 64.9 Å². The second-order valence-corrected chi connectivity index (χ2v) is 13.5. The molecule has 248 valence electrons. The molecule has 0 saturated carbocycles.